The molecule has 6 nitrogen and oxygen atoms in total. The number of nitrogens with zero attached hydrogens (tertiary/aromatic N) is 3. The summed E-state index contributed by atoms with van der Waals surface area (Å²) in [7, 11) is 0. The van der Waals surface area contributed by atoms with Gasteiger partial charge >= 0.3 is 0 Å². The Kier molecular flexibility index (Phi) is 7.53. The average Bonchev–Trinajstić information content (AvgIpc) is 2.80. The number of allylic oxidation sites excluding steroid dienone is 1. The average molecular weight is 447 g/mol. The van der Waals surface area contributed by atoms with Gasteiger partial charge in [-0.15, -0.1) is 0 Å². The molecule has 1 aliphatic rings. The second-order valence-corrected chi connectivity index (χ2v) is 8.47. The number of benzene rings is 2. The Hall–Kier alpha value is -3.16. The van der Waals surface area contributed by atoms with Crippen LogP contribution in [0.1, 0.15) is 18.3 Å². The number of rotatable bonds is 7. The van der Waals surface area contributed by atoms with Crippen molar-refractivity contribution < 1.29 is 9.53 Å². The fourth-order valence-electron chi connectivity index (χ4n) is 3.48. The summed E-state index contributed by atoms with van der Waals surface area (Å²) in [6, 6.07) is 18.2. The van der Waals surface area contributed by atoms with Gasteiger partial charge in [0.2, 0.25) is 5.91 Å². The number of nitrogens with one attached hydrogen (secondary N) is 1. The maximum atomic E-state index is 11.8. The minimum Gasteiger partial charge on any atom is -0.378 e. The molecule has 0 bridgehead atoms. The molecule has 32 heavy (non-hydrogen) atoms. The first-order valence-electron chi connectivity index (χ1n) is 10.6. The number of carbonyl (C=O) groups excluding carboxylic acids is 1. The van der Waals surface area contributed by atoms with Crippen LogP contribution in [0.3, 0.4) is 0 Å². The Balaban J connectivity index is 1.44. The molecule has 3 aromatic rings. The summed E-state index contributed by atoms with van der Waals surface area (Å²) < 4.78 is 5.46. The highest BCUT2D eigenvalue weighted by Gasteiger charge is 2.12. The monoisotopic (exact) mass is 446 g/mol. The number of morpholine rings is 1. The third-order valence-electron chi connectivity index (χ3n) is 4.97. The third-order valence-corrected chi connectivity index (χ3v) is 5.90. The minimum atomic E-state index is -0.140. The lowest BCUT2D eigenvalue weighted by molar-refractivity contribution is -0.111. The van der Waals surface area contributed by atoms with Gasteiger partial charge in [0.05, 0.1) is 13.2 Å². The third kappa shape index (κ3) is 6.18. The van der Waals surface area contributed by atoms with E-state index in [4.69, 9.17) is 9.72 Å². The fraction of sp³-hybridized carbons (Fsp3) is 0.240. The Morgan fingerprint density at radius 1 is 1.16 bits per heavy atom. The Morgan fingerprint density at radius 2 is 2.00 bits per heavy atom. The zero-order chi connectivity index (χ0) is 22.2. The Labute approximate surface area is 192 Å². The number of hydrogen-bond acceptors (Lipinski definition) is 6. The van der Waals surface area contributed by atoms with Crippen LogP contribution in [0.2, 0.25) is 0 Å². The van der Waals surface area contributed by atoms with Gasteiger partial charge in [-0.05, 0) is 55.0 Å². The number of aromatic nitrogens is 2. The normalized spacial score (nSPS) is 14.0. The van der Waals surface area contributed by atoms with Gasteiger partial charge < -0.3 is 15.0 Å². The van der Waals surface area contributed by atoms with Gasteiger partial charge in [-0.2, -0.15) is 0 Å². The molecule has 4 rings (SSSR count). The maximum Gasteiger partial charge on any atom is 0.248 e. The minimum absolute atomic E-state index is 0.140. The summed E-state index contributed by atoms with van der Waals surface area (Å²) in [6.07, 6.45) is 5.69. The number of ether oxygens (including phenoxy) is 1. The number of hydrogen-bond donors (Lipinski definition) is 1. The largest absolute Gasteiger partial charge is 0.378 e. The van der Waals surface area contributed by atoms with Crippen LogP contribution in [-0.4, -0.2) is 42.2 Å². The number of carbonyl (C=O) groups is 1. The molecule has 0 aliphatic carbocycles. The molecule has 2 aromatic carbocycles. The van der Waals surface area contributed by atoms with Crippen LogP contribution in [0.4, 0.5) is 11.4 Å². The van der Waals surface area contributed by atoms with E-state index < -0.39 is 0 Å². The predicted molar refractivity (Wildman–Crippen MR) is 128 cm³/mol. The molecule has 1 saturated heterocycles. The zero-order valence-electron chi connectivity index (χ0n) is 18.0. The standard InChI is InChI=1S/C25H26N4O2S/c1-2-5-24(30)27-20-7-4-9-22(18-20)32-25-10-11-26-23(28-25)17-19-6-3-8-21(16-19)29-12-14-31-15-13-29/h2-11,16,18H,12-15,17H2,1H3,(H,27,30)/b5-2-. The topological polar surface area (TPSA) is 67.4 Å². The van der Waals surface area contributed by atoms with Crippen molar-refractivity contribution in [3.8, 4) is 0 Å². The highest BCUT2D eigenvalue weighted by molar-refractivity contribution is 7.99. The second kappa shape index (κ2) is 10.9. The highest BCUT2D eigenvalue weighted by atomic mass is 32.2. The van der Waals surface area contributed by atoms with Crippen LogP contribution < -0.4 is 10.2 Å². The Morgan fingerprint density at radius 3 is 2.84 bits per heavy atom. The predicted octanol–water partition coefficient (Wildman–Crippen LogP) is 4.57. The van der Waals surface area contributed by atoms with E-state index in [1.54, 1.807) is 24.0 Å². The molecular formula is C25H26N4O2S. The molecule has 1 aliphatic heterocycles. The summed E-state index contributed by atoms with van der Waals surface area (Å²) in [5, 5.41) is 3.73. The van der Waals surface area contributed by atoms with Gasteiger partial charge in [-0.25, -0.2) is 9.97 Å². The first-order valence-corrected chi connectivity index (χ1v) is 11.5. The number of anilines is 2. The Bertz CT molecular complexity index is 1100. The van der Waals surface area contributed by atoms with Crippen LogP contribution >= 0.6 is 11.8 Å². The summed E-state index contributed by atoms with van der Waals surface area (Å²) in [5.74, 6) is 0.643. The molecule has 1 amide bonds. The lowest BCUT2D eigenvalue weighted by Crippen LogP contribution is -2.36. The molecule has 7 heteroatoms. The molecule has 1 N–H and O–H groups in total. The van der Waals surface area contributed by atoms with Crippen molar-refractivity contribution in [1.29, 1.82) is 0 Å². The maximum absolute atomic E-state index is 11.8. The summed E-state index contributed by atoms with van der Waals surface area (Å²) in [5.41, 5.74) is 3.16. The van der Waals surface area contributed by atoms with Gasteiger partial charge in [-0.1, -0.05) is 36.0 Å². The van der Waals surface area contributed by atoms with Crippen LogP contribution in [-0.2, 0) is 16.0 Å². The van der Waals surface area contributed by atoms with Crippen molar-refractivity contribution in [1.82, 2.24) is 9.97 Å². The molecule has 1 fully saturated rings. The molecule has 2 heterocycles. The van der Waals surface area contributed by atoms with E-state index in [1.807, 2.05) is 37.3 Å². The van der Waals surface area contributed by atoms with E-state index in [2.05, 4.69) is 39.5 Å². The van der Waals surface area contributed by atoms with E-state index in [0.29, 0.717) is 6.42 Å². The second-order valence-electron chi connectivity index (χ2n) is 7.38. The van der Waals surface area contributed by atoms with Crippen LogP contribution in [0.25, 0.3) is 0 Å². The molecule has 1 aromatic heterocycles. The quantitative estimate of drug-likeness (QED) is 0.424. The van der Waals surface area contributed by atoms with E-state index >= 15 is 0 Å². The number of amides is 1. The van der Waals surface area contributed by atoms with Crippen LogP contribution in [0.15, 0.2) is 82.9 Å². The highest BCUT2D eigenvalue weighted by Crippen LogP contribution is 2.28. The van der Waals surface area contributed by atoms with Crippen molar-refractivity contribution in [2.45, 2.75) is 23.3 Å². The van der Waals surface area contributed by atoms with Crippen molar-refractivity contribution in [3.05, 3.63) is 84.3 Å². The van der Waals surface area contributed by atoms with Crippen molar-refractivity contribution in [2.24, 2.45) is 0 Å². The molecule has 0 atom stereocenters. The fourth-order valence-corrected chi connectivity index (χ4v) is 4.34. The first-order chi connectivity index (χ1) is 15.7. The van der Waals surface area contributed by atoms with Crippen LogP contribution in [0.5, 0.6) is 0 Å². The van der Waals surface area contributed by atoms with Gasteiger partial charge in [0, 0.05) is 42.0 Å². The van der Waals surface area contributed by atoms with Crippen LogP contribution in [0, 0.1) is 0 Å². The molecular weight excluding hydrogens is 420 g/mol. The van der Waals surface area contributed by atoms with E-state index in [-0.39, 0.29) is 5.91 Å². The van der Waals surface area contributed by atoms with Crippen molar-refractivity contribution in [3.63, 3.8) is 0 Å². The molecule has 164 valence electrons. The summed E-state index contributed by atoms with van der Waals surface area (Å²) in [4.78, 5) is 24.4. The molecule has 0 unspecified atom stereocenters. The van der Waals surface area contributed by atoms with Crippen molar-refractivity contribution >= 4 is 29.0 Å². The smallest absolute Gasteiger partial charge is 0.248 e. The lowest BCUT2D eigenvalue weighted by atomic mass is 10.1. The summed E-state index contributed by atoms with van der Waals surface area (Å²) >= 11 is 1.55. The van der Waals surface area contributed by atoms with Gasteiger partial charge in [0.15, 0.2) is 0 Å². The van der Waals surface area contributed by atoms with Gasteiger partial charge in [0.1, 0.15) is 10.9 Å². The zero-order valence-corrected chi connectivity index (χ0v) is 18.8. The van der Waals surface area contributed by atoms with E-state index in [0.717, 1.165) is 47.7 Å². The first kappa shape index (κ1) is 22.0. The van der Waals surface area contributed by atoms with E-state index in [9.17, 15) is 4.79 Å². The summed E-state index contributed by atoms with van der Waals surface area (Å²) in [6.45, 7) is 5.19. The van der Waals surface area contributed by atoms with E-state index in [1.165, 1.54) is 17.3 Å². The molecule has 0 radical (unpaired) electrons. The SMILES string of the molecule is C/C=C\C(=O)Nc1cccc(Sc2ccnc(Cc3cccc(N4CCOCC4)c3)n2)c1. The van der Waals surface area contributed by atoms with Gasteiger partial charge in [0.25, 0.3) is 0 Å². The van der Waals surface area contributed by atoms with Crippen molar-refractivity contribution in [2.75, 3.05) is 36.5 Å². The van der Waals surface area contributed by atoms with Gasteiger partial charge in [-0.3, -0.25) is 4.79 Å². The molecule has 0 spiro atoms. The lowest BCUT2D eigenvalue weighted by Gasteiger charge is -2.29. The molecule has 0 saturated carbocycles.